The number of hydrogen-bond donors (Lipinski definition) is 2. The minimum absolute atomic E-state index is 0.0832. The molecule has 0 heterocycles. The molecule has 18 heavy (non-hydrogen) atoms. The van der Waals surface area contributed by atoms with Crippen LogP contribution in [0.15, 0.2) is 42.5 Å². The number of rotatable bonds is 2. The van der Waals surface area contributed by atoms with Gasteiger partial charge in [0.05, 0.1) is 5.69 Å². The van der Waals surface area contributed by atoms with Crippen molar-refractivity contribution in [2.45, 2.75) is 6.92 Å². The van der Waals surface area contributed by atoms with Crippen LogP contribution in [0.4, 0.5) is 5.69 Å². The SMILES string of the molecule is Cc1cccc(NC(=O)c2ccc(Cl)cc2)c1O. The highest BCUT2D eigenvalue weighted by Crippen LogP contribution is 2.26. The fourth-order valence-corrected chi connectivity index (χ4v) is 1.68. The van der Waals surface area contributed by atoms with Crippen LogP contribution in [-0.2, 0) is 0 Å². The summed E-state index contributed by atoms with van der Waals surface area (Å²) in [5.74, 6) is -0.201. The van der Waals surface area contributed by atoms with Gasteiger partial charge in [0.1, 0.15) is 5.75 Å². The van der Waals surface area contributed by atoms with Crippen LogP contribution in [-0.4, -0.2) is 11.0 Å². The molecule has 0 saturated carbocycles. The second-order valence-corrected chi connectivity index (χ2v) is 4.37. The van der Waals surface area contributed by atoms with E-state index in [0.29, 0.717) is 21.8 Å². The summed E-state index contributed by atoms with van der Waals surface area (Å²) in [6.45, 7) is 1.77. The number of nitrogens with one attached hydrogen (secondary N) is 1. The quantitative estimate of drug-likeness (QED) is 0.812. The van der Waals surface area contributed by atoms with Gasteiger partial charge in [-0.05, 0) is 42.8 Å². The van der Waals surface area contributed by atoms with E-state index >= 15 is 0 Å². The van der Waals surface area contributed by atoms with Gasteiger partial charge in [-0.25, -0.2) is 0 Å². The molecule has 1 amide bonds. The Balaban J connectivity index is 2.21. The number of hydrogen-bond acceptors (Lipinski definition) is 2. The first-order valence-electron chi connectivity index (χ1n) is 5.43. The highest BCUT2D eigenvalue weighted by atomic mass is 35.5. The molecule has 0 atom stereocenters. The summed E-state index contributed by atoms with van der Waals surface area (Å²) in [6, 6.07) is 11.7. The van der Waals surface area contributed by atoms with E-state index in [1.165, 1.54) is 0 Å². The molecule has 0 aliphatic rings. The van der Waals surface area contributed by atoms with E-state index in [0.717, 1.165) is 0 Å². The lowest BCUT2D eigenvalue weighted by Gasteiger charge is -2.08. The van der Waals surface area contributed by atoms with Gasteiger partial charge >= 0.3 is 0 Å². The van der Waals surface area contributed by atoms with Gasteiger partial charge in [0.25, 0.3) is 5.91 Å². The Kier molecular flexibility index (Phi) is 3.53. The van der Waals surface area contributed by atoms with E-state index in [4.69, 9.17) is 11.6 Å². The molecule has 0 aliphatic carbocycles. The van der Waals surface area contributed by atoms with Gasteiger partial charge < -0.3 is 10.4 Å². The zero-order chi connectivity index (χ0) is 13.1. The van der Waals surface area contributed by atoms with Crippen LogP contribution in [0.3, 0.4) is 0 Å². The van der Waals surface area contributed by atoms with Gasteiger partial charge in [0, 0.05) is 10.6 Å². The molecule has 2 rings (SSSR count). The first-order chi connectivity index (χ1) is 8.58. The maximum absolute atomic E-state index is 11.9. The first kappa shape index (κ1) is 12.5. The molecule has 2 aromatic carbocycles. The topological polar surface area (TPSA) is 49.3 Å². The van der Waals surface area contributed by atoms with Crippen LogP contribution in [0.1, 0.15) is 15.9 Å². The number of phenolic OH excluding ortho intramolecular Hbond substituents is 1. The van der Waals surface area contributed by atoms with E-state index in [1.807, 2.05) is 0 Å². The third kappa shape index (κ3) is 2.63. The average molecular weight is 262 g/mol. The summed E-state index contributed by atoms with van der Waals surface area (Å²) in [6.07, 6.45) is 0. The van der Waals surface area contributed by atoms with Gasteiger partial charge in [-0.1, -0.05) is 23.7 Å². The van der Waals surface area contributed by atoms with Crippen molar-refractivity contribution in [3.8, 4) is 5.75 Å². The Morgan fingerprint density at radius 3 is 2.50 bits per heavy atom. The molecule has 0 bridgehead atoms. The summed E-state index contributed by atoms with van der Waals surface area (Å²) in [4.78, 5) is 11.9. The van der Waals surface area contributed by atoms with Crippen molar-refractivity contribution in [2.75, 3.05) is 5.32 Å². The second kappa shape index (κ2) is 5.10. The summed E-state index contributed by atoms with van der Waals surface area (Å²) in [7, 11) is 0. The standard InChI is InChI=1S/C14H12ClNO2/c1-9-3-2-4-12(13(9)17)16-14(18)10-5-7-11(15)8-6-10/h2-8,17H,1H3,(H,16,18). The van der Waals surface area contributed by atoms with Crippen molar-refractivity contribution in [3.05, 3.63) is 58.6 Å². The Labute approximate surface area is 110 Å². The Morgan fingerprint density at radius 1 is 1.17 bits per heavy atom. The van der Waals surface area contributed by atoms with Crippen molar-refractivity contribution >= 4 is 23.2 Å². The molecule has 0 aromatic heterocycles. The van der Waals surface area contributed by atoms with E-state index in [9.17, 15) is 9.90 Å². The van der Waals surface area contributed by atoms with Crippen molar-refractivity contribution in [3.63, 3.8) is 0 Å². The van der Waals surface area contributed by atoms with Crippen LogP contribution in [0, 0.1) is 6.92 Å². The minimum Gasteiger partial charge on any atom is -0.505 e. The van der Waals surface area contributed by atoms with E-state index in [-0.39, 0.29) is 11.7 Å². The van der Waals surface area contributed by atoms with Crippen molar-refractivity contribution < 1.29 is 9.90 Å². The van der Waals surface area contributed by atoms with Crippen LogP contribution in [0.25, 0.3) is 0 Å². The van der Waals surface area contributed by atoms with Gasteiger partial charge in [-0.2, -0.15) is 0 Å². The van der Waals surface area contributed by atoms with Crippen LogP contribution in [0.5, 0.6) is 5.75 Å². The molecule has 0 unspecified atom stereocenters. The summed E-state index contributed by atoms with van der Waals surface area (Å²) in [5.41, 5.74) is 1.60. The number of benzene rings is 2. The van der Waals surface area contributed by atoms with E-state index in [2.05, 4.69) is 5.32 Å². The number of aromatic hydroxyl groups is 1. The Hall–Kier alpha value is -2.00. The lowest BCUT2D eigenvalue weighted by Crippen LogP contribution is -2.11. The Morgan fingerprint density at radius 2 is 1.83 bits per heavy atom. The first-order valence-corrected chi connectivity index (χ1v) is 5.81. The summed E-state index contributed by atoms with van der Waals surface area (Å²) < 4.78 is 0. The van der Waals surface area contributed by atoms with Gasteiger partial charge in [-0.15, -0.1) is 0 Å². The van der Waals surface area contributed by atoms with Crippen LogP contribution < -0.4 is 5.32 Å². The number of anilines is 1. The number of phenols is 1. The molecular formula is C14H12ClNO2. The third-order valence-corrected chi connectivity index (χ3v) is 2.84. The fourth-order valence-electron chi connectivity index (χ4n) is 1.56. The molecule has 3 nitrogen and oxygen atoms in total. The molecule has 0 spiro atoms. The maximum Gasteiger partial charge on any atom is 0.255 e. The number of para-hydroxylation sites is 1. The molecular weight excluding hydrogens is 250 g/mol. The zero-order valence-corrected chi connectivity index (χ0v) is 10.5. The highest BCUT2D eigenvalue weighted by molar-refractivity contribution is 6.30. The lowest BCUT2D eigenvalue weighted by molar-refractivity contribution is 0.102. The van der Waals surface area contributed by atoms with Crippen molar-refractivity contribution in [1.29, 1.82) is 0 Å². The number of carbonyl (C=O) groups is 1. The summed E-state index contributed by atoms with van der Waals surface area (Å²) in [5, 5.41) is 13.0. The number of halogens is 1. The van der Waals surface area contributed by atoms with E-state index in [1.54, 1.807) is 49.4 Å². The van der Waals surface area contributed by atoms with Crippen molar-refractivity contribution in [2.24, 2.45) is 0 Å². The number of amides is 1. The number of carbonyl (C=O) groups excluding carboxylic acids is 1. The predicted octanol–water partition coefficient (Wildman–Crippen LogP) is 3.61. The normalized spacial score (nSPS) is 10.1. The number of aryl methyl sites for hydroxylation is 1. The molecule has 0 saturated heterocycles. The average Bonchev–Trinajstić information content (AvgIpc) is 2.36. The fraction of sp³-hybridized carbons (Fsp3) is 0.0714. The zero-order valence-electron chi connectivity index (χ0n) is 9.77. The van der Waals surface area contributed by atoms with Crippen molar-refractivity contribution in [1.82, 2.24) is 0 Å². The van der Waals surface area contributed by atoms with Gasteiger partial charge in [-0.3, -0.25) is 4.79 Å². The van der Waals surface area contributed by atoms with E-state index < -0.39 is 0 Å². The molecule has 0 radical (unpaired) electrons. The third-order valence-electron chi connectivity index (χ3n) is 2.59. The van der Waals surface area contributed by atoms with Crippen LogP contribution in [0.2, 0.25) is 5.02 Å². The molecule has 0 aliphatic heterocycles. The monoisotopic (exact) mass is 261 g/mol. The van der Waals surface area contributed by atoms with Gasteiger partial charge in [0.2, 0.25) is 0 Å². The molecule has 4 heteroatoms. The van der Waals surface area contributed by atoms with Gasteiger partial charge in [0.15, 0.2) is 0 Å². The largest absolute Gasteiger partial charge is 0.505 e. The highest BCUT2D eigenvalue weighted by Gasteiger charge is 2.09. The second-order valence-electron chi connectivity index (χ2n) is 3.93. The minimum atomic E-state index is -0.285. The predicted molar refractivity (Wildman–Crippen MR) is 72.2 cm³/mol. The van der Waals surface area contributed by atoms with Crippen LogP contribution >= 0.6 is 11.6 Å². The molecule has 0 fully saturated rings. The lowest BCUT2D eigenvalue weighted by atomic mass is 10.1. The molecule has 2 aromatic rings. The summed E-state index contributed by atoms with van der Waals surface area (Å²) >= 11 is 5.75. The maximum atomic E-state index is 11.9. The molecule has 92 valence electrons. The molecule has 2 N–H and O–H groups in total. The Bertz CT molecular complexity index is 579. The smallest absolute Gasteiger partial charge is 0.255 e.